The third-order valence-corrected chi connectivity index (χ3v) is 4.96. The number of nitrogens with zero attached hydrogens (tertiary/aromatic N) is 4. The lowest BCUT2D eigenvalue weighted by molar-refractivity contribution is 0.111. The SMILES string of the molecule is CN1CCN(C)C(CNC2CCCc3c2cnn3C)C1. The molecule has 2 atom stereocenters. The standard InChI is InChI=1S/C15H27N5/c1-18-7-8-19(2)12(11-18)9-16-14-5-4-6-15-13(14)10-17-20(15)3/h10,12,14,16H,4-9,11H2,1-3H3. The van der Waals surface area contributed by atoms with Crippen LogP contribution < -0.4 is 5.32 Å². The first-order valence-electron chi connectivity index (χ1n) is 7.78. The fraction of sp³-hybridized carbons (Fsp3) is 0.800. The minimum atomic E-state index is 0.494. The second kappa shape index (κ2) is 5.84. The lowest BCUT2D eigenvalue weighted by atomic mass is 9.93. The third kappa shape index (κ3) is 2.75. The van der Waals surface area contributed by atoms with Gasteiger partial charge >= 0.3 is 0 Å². The van der Waals surface area contributed by atoms with Gasteiger partial charge in [-0.15, -0.1) is 0 Å². The highest BCUT2D eigenvalue weighted by Crippen LogP contribution is 2.29. The molecule has 1 saturated heterocycles. The van der Waals surface area contributed by atoms with Gasteiger partial charge in [0.05, 0.1) is 6.20 Å². The normalized spacial score (nSPS) is 28.6. The molecule has 2 unspecified atom stereocenters. The average Bonchev–Trinajstić information content (AvgIpc) is 2.82. The molecule has 0 amide bonds. The first kappa shape index (κ1) is 14.0. The van der Waals surface area contributed by atoms with E-state index in [1.165, 1.54) is 43.6 Å². The van der Waals surface area contributed by atoms with E-state index in [2.05, 4.69) is 47.6 Å². The van der Waals surface area contributed by atoms with Crippen molar-refractivity contribution in [2.45, 2.75) is 31.3 Å². The number of likely N-dealkylation sites (N-methyl/N-ethyl adjacent to an activating group) is 2. The Kier molecular flexibility index (Phi) is 4.10. The molecule has 0 spiro atoms. The van der Waals surface area contributed by atoms with E-state index in [4.69, 9.17) is 0 Å². The van der Waals surface area contributed by atoms with Gasteiger partial charge in [-0.05, 0) is 33.4 Å². The maximum atomic E-state index is 4.43. The molecular formula is C15H27N5. The number of aromatic nitrogens is 2. The predicted molar refractivity (Wildman–Crippen MR) is 80.8 cm³/mol. The highest BCUT2D eigenvalue weighted by molar-refractivity contribution is 5.24. The van der Waals surface area contributed by atoms with E-state index in [0.717, 1.165) is 13.1 Å². The van der Waals surface area contributed by atoms with E-state index in [1.54, 1.807) is 0 Å². The van der Waals surface area contributed by atoms with Crippen LogP contribution in [0.1, 0.15) is 30.1 Å². The van der Waals surface area contributed by atoms with Crippen molar-refractivity contribution in [3.05, 3.63) is 17.5 Å². The Morgan fingerprint density at radius 1 is 1.30 bits per heavy atom. The van der Waals surface area contributed by atoms with E-state index >= 15 is 0 Å². The lowest BCUT2D eigenvalue weighted by Gasteiger charge is -2.38. The molecule has 1 N–H and O–H groups in total. The molecule has 0 radical (unpaired) electrons. The molecule has 1 aromatic rings. The number of hydrogen-bond acceptors (Lipinski definition) is 4. The van der Waals surface area contributed by atoms with E-state index in [9.17, 15) is 0 Å². The summed E-state index contributed by atoms with van der Waals surface area (Å²) in [5.74, 6) is 0. The topological polar surface area (TPSA) is 36.3 Å². The number of rotatable bonds is 3. The zero-order valence-electron chi connectivity index (χ0n) is 13.0. The maximum absolute atomic E-state index is 4.43. The van der Waals surface area contributed by atoms with Crippen LogP contribution in [0.2, 0.25) is 0 Å². The smallest absolute Gasteiger partial charge is 0.0540 e. The number of hydrogen-bond donors (Lipinski definition) is 1. The van der Waals surface area contributed by atoms with Crippen LogP contribution in [-0.4, -0.2) is 65.9 Å². The van der Waals surface area contributed by atoms with Crippen molar-refractivity contribution >= 4 is 0 Å². The predicted octanol–water partition coefficient (Wildman–Crippen LogP) is 0.633. The highest BCUT2D eigenvalue weighted by atomic mass is 15.3. The van der Waals surface area contributed by atoms with Crippen LogP contribution in [0.5, 0.6) is 0 Å². The largest absolute Gasteiger partial charge is 0.308 e. The molecule has 2 heterocycles. The summed E-state index contributed by atoms with van der Waals surface area (Å²) in [6.07, 6.45) is 5.74. The van der Waals surface area contributed by atoms with E-state index in [0.29, 0.717) is 12.1 Å². The molecular weight excluding hydrogens is 250 g/mol. The Morgan fingerprint density at radius 2 is 2.15 bits per heavy atom. The molecule has 1 aliphatic heterocycles. The van der Waals surface area contributed by atoms with Crippen molar-refractivity contribution < 1.29 is 0 Å². The van der Waals surface area contributed by atoms with Crippen molar-refractivity contribution in [1.29, 1.82) is 0 Å². The molecule has 112 valence electrons. The van der Waals surface area contributed by atoms with E-state index < -0.39 is 0 Å². The molecule has 0 saturated carbocycles. The Labute approximate surface area is 121 Å². The van der Waals surface area contributed by atoms with Crippen molar-refractivity contribution in [2.75, 3.05) is 40.3 Å². The van der Waals surface area contributed by atoms with Crippen LogP contribution in [0.25, 0.3) is 0 Å². The average molecular weight is 277 g/mol. The van der Waals surface area contributed by atoms with Crippen LogP contribution in [0, 0.1) is 0 Å². The van der Waals surface area contributed by atoms with Gasteiger partial charge in [-0.1, -0.05) is 0 Å². The Balaban J connectivity index is 1.61. The fourth-order valence-electron chi connectivity index (χ4n) is 3.52. The van der Waals surface area contributed by atoms with Crippen molar-refractivity contribution in [3.8, 4) is 0 Å². The summed E-state index contributed by atoms with van der Waals surface area (Å²) in [7, 11) is 6.53. The van der Waals surface area contributed by atoms with Gasteiger partial charge in [-0.25, -0.2) is 0 Å². The number of piperazine rings is 1. The number of aryl methyl sites for hydroxylation is 1. The van der Waals surface area contributed by atoms with Gasteiger partial charge < -0.3 is 10.2 Å². The van der Waals surface area contributed by atoms with Crippen molar-refractivity contribution in [2.24, 2.45) is 7.05 Å². The quantitative estimate of drug-likeness (QED) is 0.879. The van der Waals surface area contributed by atoms with Gasteiger partial charge in [-0.2, -0.15) is 5.10 Å². The summed E-state index contributed by atoms with van der Waals surface area (Å²) in [5, 5.41) is 8.22. The van der Waals surface area contributed by atoms with E-state index in [-0.39, 0.29) is 0 Å². The van der Waals surface area contributed by atoms with Gasteiger partial charge in [0.1, 0.15) is 0 Å². The molecule has 5 nitrogen and oxygen atoms in total. The van der Waals surface area contributed by atoms with Gasteiger partial charge in [0.25, 0.3) is 0 Å². The summed E-state index contributed by atoms with van der Waals surface area (Å²) in [5.41, 5.74) is 2.84. The summed E-state index contributed by atoms with van der Waals surface area (Å²) < 4.78 is 2.05. The molecule has 0 aromatic carbocycles. The molecule has 0 bridgehead atoms. The summed E-state index contributed by atoms with van der Waals surface area (Å²) >= 11 is 0. The molecule has 2 aliphatic rings. The molecule has 1 fully saturated rings. The zero-order valence-corrected chi connectivity index (χ0v) is 13.0. The minimum Gasteiger partial charge on any atom is -0.308 e. The Morgan fingerprint density at radius 3 is 3.00 bits per heavy atom. The zero-order chi connectivity index (χ0) is 14.1. The van der Waals surface area contributed by atoms with E-state index in [1.807, 2.05) is 4.68 Å². The van der Waals surface area contributed by atoms with Crippen LogP contribution in [0.4, 0.5) is 0 Å². The number of nitrogens with one attached hydrogen (secondary N) is 1. The second-order valence-electron chi connectivity index (χ2n) is 6.42. The third-order valence-electron chi connectivity index (χ3n) is 4.96. The highest BCUT2D eigenvalue weighted by Gasteiger charge is 2.26. The van der Waals surface area contributed by atoms with Crippen molar-refractivity contribution in [3.63, 3.8) is 0 Å². The van der Waals surface area contributed by atoms with Crippen LogP contribution >= 0.6 is 0 Å². The van der Waals surface area contributed by atoms with Crippen LogP contribution in [0.15, 0.2) is 6.20 Å². The van der Waals surface area contributed by atoms with Gasteiger partial charge in [0.15, 0.2) is 0 Å². The molecule has 5 heteroatoms. The van der Waals surface area contributed by atoms with Gasteiger partial charge in [-0.3, -0.25) is 9.58 Å². The second-order valence-corrected chi connectivity index (χ2v) is 6.42. The van der Waals surface area contributed by atoms with Crippen LogP contribution in [0.3, 0.4) is 0 Å². The minimum absolute atomic E-state index is 0.494. The first-order valence-corrected chi connectivity index (χ1v) is 7.78. The monoisotopic (exact) mass is 277 g/mol. The molecule has 20 heavy (non-hydrogen) atoms. The van der Waals surface area contributed by atoms with Crippen LogP contribution in [-0.2, 0) is 13.5 Å². The Bertz CT molecular complexity index is 455. The summed E-state index contributed by atoms with van der Waals surface area (Å²) in [6, 6.07) is 1.11. The van der Waals surface area contributed by atoms with Gasteiger partial charge in [0.2, 0.25) is 0 Å². The maximum Gasteiger partial charge on any atom is 0.0540 e. The molecule has 3 rings (SSSR count). The molecule has 1 aliphatic carbocycles. The lowest BCUT2D eigenvalue weighted by Crippen LogP contribution is -2.54. The van der Waals surface area contributed by atoms with Crippen molar-refractivity contribution in [1.82, 2.24) is 24.9 Å². The Hall–Kier alpha value is -0.910. The summed E-state index contributed by atoms with van der Waals surface area (Å²) in [4.78, 5) is 4.92. The fourth-order valence-corrected chi connectivity index (χ4v) is 3.52. The first-order chi connectivity index (χ1) is 9.65. The summed E-state index contributed by atoms with van der Waals surface area (Å²) in [6.45, 7) is 4.59. The van der Waals surface area contributed by atoms with Gasteiger partial charge in [0, 0.05) is 56.6 Å². The molecule has 1 aromatic heterocycles. The number of fused-ring (bicyclic) bond motifs is 1.